The average molecular weight is 597 g/mol. The number of para-hydroxylation sites is 2. The van der Waals surface area contributed by atoms with Crippen LogP contribution >= 0.6 is 0 Å². The molecule has 0 aliphatic rings. The molecule has 0 unspecified atom stereocenters. The molecule has 0 heterocycles. The van der Waals surface area contributed by atoms with E-state index < -0.39 is 0 Å². The number of rotatable bonds is 11. The molecule has 0 atom stereocenters. The molecular weight excluding hydrogens is 564 g/mol. The van der Waals surface area contributed by atoms with E-state index in [0.717, 1.165) is 45.3 Å². The SMILES string of the molecule is C=CC(=O)c1cccc(N(c2ccccc2)c2ccc(-c3ccc(N(c4ccccc4)c4cccc(C(=O)C=C)c4)cc3)cc2)c1. The number of ketones is 2. The first-order valence-electron chi connectivity index (χ1n) is 15.0. The first-order valence-corrected chi connectivity index (χ1v) is 15.0. The van der Waals surface area contributed by atoms with E-state index in [1.165, 1.54) is 12.2 Å². The molecule has 46 heavy (non-hydrogen) atoms. The van der Waals surface area contributed by atoms with Gasteiger partial charge in [0.2, 0.25) is 0 Å². The average Bonchev–Trinajstić information content (AvgIpc) is 3.13. The standard InChI is InChI=1S/C42H32N2O2/c1-3-41(45)33-13-11-19-39(29-33)43(35-15-7-5-8-16-35)37-25-21-31(22-26-37)32-23-27-38(28-24-32)44(36-17-9-6-10-18-36)40-20-12-14-34(30-40)42(46)4-2/h3-30H,1-2H2. The molecule has 0 bridgehead atoms. The van der Waals surface area contributed by atoms with Crippen LogP contribution in [0.4, 0.5) is 34.1 Å². The fourth-order valence-electron chi connectivity index (χ4n) is 5.49. The van der Waals surface area contributed by atoms with Crippen molar-refractivity contribution in [3.8, 4) is 11.1 Å². The number of anilines is 6. The lowest BCUT2D eigenvalue weighted by molar-refractivity contribution is 0.103. The minimum absolute atomic E-state index is 0.113. The second kappa shape index (κ2) is 13.6. The third-order valence-corrected chi connectivity index (χ3v) is 7.76. The predicted molar refractivity (Wildman–Crippen MR) is 190 cm³/mol. The molecule has 0 fully saturated rings. The number of nitrogens with zero attached hydrogens (tertiary/aromatic N) is 2. The van der Waals surface area contributed by atoms with E-state index in [2.05, 4.69) is 95.8 Å². The van der Waals surface area contributed by atoms with E-state index in [0.29, 0.717) is 11.1 Å². The zero-order chi connectivity index (χ0) is 31.9. The molecule has 4 heteroatoms. The van der Waals surface area contributed by atoms with E-state index >= 15 is 0 Å². The molecule has 0 aliphatic carbocycles. The molecule has 222 valence electrons. The highest BCUT2D eigenvalue weighted by atomic mass is 16.1. The maximum Gasteiger partial charge on any atom is 0.185 e. The van der Waals surface area contributed by atoms with Crippen LogP contribution in [-0.4, -0.2) is 11.6 Å². The molecule has 6 rings (SSSR count). The lowest BCUT2D eigenvalue weighted by atomic mass is 10.0. The summed E-state index contributed by atoms with van der Waals surface area (Å²) in [6, 6.07) is 52.2. The Kier molecular flexibility index (Phi) is 8.80. The van der Waals surface area contributed by atoms with E-state index in [9.17, 15) is 9.59 Å². The summed E-state index contributed by atoms with van der Waals surface area (Å²) >= 11 is 0. The summed E-state index contributed by atoms with van der Waals surface area (Å²) in [4.78, 5) is 29.0. The quantitative estimate of drug-likeness (QED) is 0.110. The number of hydrogen-bond donors (Lipinski definition) is 0. The van der Waals surface area contributed by atoms with E-state index in [1.807, 2.05) is 72.8 Å². The summed E-state index contributed by atoms with van der Waals surface area (Å²) in [7, 11) is 0. The summed E-state index contributed by atoms with van der Waals surface area (Å²) in [6.07, 6.45) is 2.68. The van der Waals surface area contributed by atoms with Crippen LogP contribution < -0.4 is 9.80 Å². The first kappa shape index (κ1) is 29.8. The molecule has 0 saturated heterocycles. The van der Waals surface area contributed by atoms with Gasteiger partial charge < -0.3 is 9.80 Å². The Balaban J connectivity index is 1.33. The van der Waals surface area contributed by atoms with E-state index in [-0.39, 0.29) is 11.6 Å². The lowest BCUT2D eigenvalue weighted by Crippen LogP contribution is -2.11. The number of carbonyl (C=O) groups excluding carboxylic acids is 2. The Morgan fingerprint density at radius 2 is 0.717 bits per heavy atom. The summed E-state index contributed by atoms with van der Waals surface area (Å²) < 4.78 is 0. The highest BCUT2D eigenvalue weighted by molar-refractivity contribution is 6.05. The Hall–Kier alpha value is -6.26. The van der Waals surface area contributed by atoms with Gasteiger partial charge in [0.15, 0.2) is 11.6 Å². The molecule has 0 aromatic heterocycles. The van der Waals surface area contributed by atoms with Crippen molar-refractivity contribution in [2.45, 2.75) is 0 Å². The van der Waals surface area contributed by atoms with Crippen LogP contribution in [0.2, 0.25) is 0 Å². The van der Waals surface area contributed by atoms with Crippen LogP contribution in [0.3, 0.4) is 0 Å². The summed E-state index contributed by atoms with van der Waals surface area (Å²) in [5.74, 6) is -0.227. The van der Waals surface area contributed by atoms with Gasteiger partial charge in [-0.15, -0.1) is 0 Å². The van der Waals surface area contributed by atoms with Crippen molar-refractivity contribution in [3.05, 3.63) is 194 Å². The largest absolute Gasteiger partial charge is 0.310 e. The monoisotopic (exact) mass is 596 g/mol. The zero-order valence-electron chi connectivity index (χ0n) is 25.3. The maximum absolute atomic E-state index is 12.4. The highest BCUT2D eigenvalue weighted by Gasteiger charge is 2.16. The van der Waals surface area contributed by atoms with Gasteiger partial charge in [0.05, 0.1) is 0 Å². The van der Waals surface area contributed by atoms with Gasteiger partial charge >= 0.3 is 0 Å². The number of hydrogen-bond acceptors (Lipinski definition) is 4. The van der Waals surface area contributed by atoms with E-state index in [1.54, 1.807) is 12.1 Å². The Bertz CT molecular complexity index is 1850. The van der Waals surface area contributed by atoms with Crippen LogP contribution in [0.15, 0.2) is 183 Å². The normalized spacial score (nSPS) is 10.5. The van der Waals surface area contributed by atoms with Crippen molar-refractivity contribution in [1.82, 2.24) is 0 Å². The van der Waals surface area contributed by atoms with Crippen LogP contribution in [0.25, 0.3) is 11.1 Å². The second-order valence-electron chi connectivity index (χ2n) is 10.7. The minimum Gasteiger partial charge on any atom is -0.310 e. The van der Waals surface area contributed by atoms with Gasteiger partial charge in [-0.05, 0) is 96.1 Å². The van der Waals surface area contributed by atoms with Crippen molar-refractivity contribution in [2.24, 2.45) is 0 Å². The maximum atomic E-state index is 12.4. The molecule has 0 spiro atoms. The fourth-order valence-corrected chi connectivity index (χ4v) is 5.49. The first-order chi connectivity index (χ1) is 22.6. The smallest absolute Gasteiger partial charge is 0.185 e. The summed E-state index contributed by atoms with van der Waals surface area (Å²) in [5.41, 5.74) is 9.02. The van der Waals surface area contributed by atoms with Crippen LogP contribution in [0.5, 0.6) is 0 Å². The zero-order valence-corrected chi connectivity index (χ0v) is 25.3. The Morgan fingerprint density at radius 3 is 1.07 bits per heavy atom. The van der Waals surface area contributed by atoms with Crippen molar-refractivity contribution in [2.75, 3.05) is 9.80 Å². The molecule has 0 radical (unpaired) electrons. The van der Waals surface area contributed by atoms with Crippen molar-refractivity contribution in [1.29, 1.82) is 0 Å². The van der Waals surface area contributed by atoms with Gasteiger partial charge in [0.1, 0.15) is 0 Å². The lowest BCUT2D eigenvalue weighted by Gasteiger charge is -2.26. The molecule has 0 N–H and O–H groups in total. The van der Waals surface area contributed by atoms with Gasteiger partial charge in [-0.3, -0.25) is 9.59 Å². The minimum atomic E-state index is -0.113. The number of benzene rings is 6. The van der Waals surface area contributed by atoms with Crippen LogP contribution in [-0.2, 0) is 0 Å². The molecule has 4 nitrogen and oxygen atoms in total. The molecule has 0 amide bonds. The number of allylic oxidation sites excluding steroid dienone is 2. The third-order valence-electron chi connectivity index (χ3n) is 7.76. The highest BCUT2D eigenvalue weighted by Crippen LogP contribution is 2.38. The summed E-state index contributed by atoms with van der Waals surface area (Å²) in [6.45, 7) is 7.29. The van der Waals surface area contributed by atoms with Crippen molar-refractivity contribution < 1.29 is 9.59 Å². The predicted octanol–water partition coefficient (Wildman–Crippen LogP) is 11.0. The Labute approximate surface area is 269 Å². The Morgan fingerprint density at radius 1 is 0.391 bits per heavy atom. The van der Waals surface area contributed by atoms with Crippen LogP contribution in [0, 0.1) is 0 Å². The van der Waals surface area contributed by atoms with Gasteiger partial charge in [-0.25, -0.2) is 0 Å². The van der Waals surface area contributed by atoms with Crippen molar-refractivity contribution in [3.63, 3.8) is 0 Å². The molecule has 0 saturated carbocycles. The second-order valence-corrected chi connectivity index (χ2v) is 10.7. The van der Waals surface area contributed by atoms with Crippen molar-refractivity contribution >= 4 is 45.7 Å². The van der Waals surface area contributed by atoms with Gasteiger partial charge in [0, 0.05) is 45.3 Å². The van der Waals surface area contributed by atoms with E-state index in [4.69, 9.17) is 0 Å². The number of carbonyl (C=O) groups is 2. The van der Waals surface area contributed by atoms with Gasteiger partial charge in [0.25, 0.3) is 0 Å². The van der Waals surface area contributed by atoms with Gasteiger partial charge in [-0.1, -0.05) is 98.1 Å². The third kappa shape index (κ3) is 6.33. The topological polar surface area (TPSA) is 40.6 Å². The molecule has 6 aromatic rings. The van der Waals surface area contributed by atoms with Crippen LogP contribution in [0.1, 0.15) is 20.7 Å². The fraction of sp³-hybridized carbons (Fsp3) is 0. The molecule has 6 aromatic carbocycles. The van der Waals surface area contributed by atoms with Gasteiger partial charge in [-0.2, -0.15) is 0 Å². The molecular formula is C42H32N2O2. The molecule has 0 aliphatic heterocycles. The summed E-state index contributed by atoms with van der Waals surface area (Å²) in [5, 5.41) is 0.